The molecule has 2 amide bonds. The number of amides is 2. The summed E-state index contributed by atoms with van der Waals surface area (Å²) < 4.78 is 0. The highest BCUT2D eigenvalue weighted by molar-refractivity contribution is 6.31. The fourth-order valence-corrected chi connectivity index (χ4v) is 7.04. The van der Waals surface area contributed by atoms with E-state index in [4.69, 9.17) is 16.6 Å². The molecule has 252 valence electrons. The SMILES string of the molecule is CC(=O)NCCc1c[nH]c2ccc(N(CCCCCCCCCCCCNc3c4c(nc5ccc(Cl)cc35)CCCC4)C(=O)O)cc12. The number of pyridine rings is 1. The van der Waals surface area contributed by atoms with Crippen molar-refractivity contribution in [2.75, 3.05) is 29.9 Å². The van der Waals surface area contributed by atoms with Gasteiger partial charge in [0.1, 0.15) is 0 Å². The lowest BCUT2D eigenvalue weighted by atomic mass is 9.92. The van der Waals surface area contributed by atoms with Gasteiger partial charge in [-0.05, 0) is 92.5 Å². The number of hydrogen-bond acceptors (Lipinski definition) is 4. The maximum Gasteiger partial charge on any atom is 0.411 e. The molecule has 4 aromatic rings. The fraction of sp³-hybridized carbons (Fsp3) is 0.500. The summed E-state index contributed by atoms with van der Waals surface area (Å²) in [5.74, 6) is -0.0536. The molecule has 4 N–H and O–H groups in total. The van der Waals surface area contributed by atoms with E-state index in [0.29, 0.717) is 25.2 Å². The molecular formula is C38H50ClN5O3. The third kappa shape index (κ3) is 9.63. The normalized spacial score (nSPS) is 12.7. The predicted molar refractivity (Wildman–Crippen MR) is 194 cm³/mol. The number of aromatic nitrogens is 2. The summed E-state index contributed by atoms with van der Waals surface area (Å²) in [6, 6.07) is 11.8. The first-order valence-electron chi connectivity index (χ1n) is 17.6. The van der Waals surface area contributed by atoms with Crippen LogP contribution in [0.25, 0.3) is 21.8 Å². The van der Waals surface area contributed by atoms with Gasteiger partial charge in [0.2, 0.25) is 5.91 Å². The summed E-state index contributed by atoms with van der Waals surface area (Å²) in [7, 11) is 0. The number of carbonyl (C=O) groups excluding carboxylic acids is 1. The molecule has 47 heavy (non-hydrogen) atoms. The molecule has 2 heterocycles. The molecule has 9 heteroatoms. The lowest BCUT2D eigenvalue weighted by molar-refractivity contribution is -0.118. The van der Waals surface area contributed by atoms with E-state index in [1.165, 1.54) is 80.1 Å². The third-order valence-corrected chi connectivity index (χ3v) is 9.63. The second-order valence-corrected chi connectivity index (χ2v) is 13.4. The minimum atomic E-state index is -0.923. The van der Waals surface area contributed by atoms with Gasteiger partial charge in [-0.25, -0.2) is 4.79 Å². The fourth-order valence-electron chi connectivity index (χ4n) is 6.87. The minimum absolute atomic E-state index is 0.0536. The summed E-state index contributed by atoms with van der Waals surface area (Å²) >= 11 is 6.35. The molecule has 0 bridgehead atoms. The quantitative estimate of drug-likeness (QED) is 0.0796. The molecule has 8 nitrogen and oxygen atoms in total. The number of unbranched alkanes of at least 4 members (excludes halogenated alkanes) is 9. The Morgan fingerprint density at radius 3 is 2.36 bits per heavy atom. The van der Waals surface area contributed by atoms with E-state index < -0.39 is 6.09 Å². The van der Waals surface area contributed by atoms with Gasteiger partial charge in [-0.2, -0.15) is 0 Å². The first-order chi connectivity index (χ1) is 22.9. The average Bonchev–Trinajstić information content (AvgIpc) is 3.46. The first-order valence-corrected chi connectivity index (χ1v) is 18.0. The zero-order valence-corrected chi connectivity index (χ0v) is 28.6. The Balaban J connectivity index is 0.953. The highest BCUT2D eigenvalue weighted by Crippen LogP contribution is 2.34. The monoisotopic (exact) mass is 659 g/mol. The Labute approximate surface area is 283 Å². The van der Waals surface area contributed by atoms with Gasteiger partial charge in [0.05, 0.1) is 5.52 Å². The van der Waals surface area contributed by atoms with E-state index >= 15 is 0 Å². The maximum absolute atomic E-state index is 12.1. The Bertz CT molecular complexity index is 1650. The number of anilines is 2. The van der Waals surface area contributed by atoms with Gasteiger partial charge in [-0.15, -0.1) is 0 Å². The second kappa shape index (κ2) is 17.4. The van der Waals surface area contributed by atoms with E-state index in [1.54, 1.807) is 0 Å². The van der Waals surface area contributed by atoms with Crippen LogP contribution < -0.4 is 15.5 Å². The average molecular weight is 660 g/mol. The molecule has 2 aromatic carbocycles. The Morgan fingerprint density at radius 1 is 0.894 bits per heavy atom. The van der Waals surface area contributed by atoms with Crippen molar-refractivity contribution >= 4 is 56.8 Å². The number of nitrogens with zero attached hydrogens (tertiary/aromatic N) is 2. The molecule has 0 saturated carbocycles. The lowest BCUT2D eigenvalue weighted by Crippen LogP contribution is -2.30. The molecule has 1 aliphatic rings. The van der Waals surface area contributed by atoms with Crippen LogP contribution in [0, 0.1) is 0 Å². The van der Waals surface area contributed by atoms with Crippen LogP contribution in [0.15, 0.2) is 42.6 Å². The number of carbonyl (C=O) groups is 2. The molecule has 0 fully saturated rings. The van der Waals surface area contributed by atoms with Crippen molar-refractivity contribution in [1.82, 2.24) is 15.3 Å². The van der Waals surface area contributed by atoms with Crippen LogP contribution in [0.1, 0.15) is 101 Å². The first kappa shape index (κ1) is 34.6. The van der Waals surface area contributed by atoms with Gasteiger partial charge in [0.15, 0.2) is 0 Å². The van der Waals surface area contributed by atoms with Gasteiger partial charge in [0.25, 0.3) is 0 Å². The molecule has 0 saturated heterocycles. The predicted octanol–water partition coefficient (Wildman–Crippen LogP) is 9.42. The third-order valence-electron chi connectivity index (χ3n) is 9.40. The number of hydrogen-bond donors (Lipinski definition) is 4. The van der Waals surface area contributed by atoms with E-state index in [2.05, 4.69) is 21.7 Å². The summed E-state index contributed by atoms with van der Waals surface area (Å²) in [5, 5.41) is 19.4. The van der Waals surface area contributed by atoms with Gasteiger partial charge in [-0.1, -0.05) is 63.0 Å². The van der Waals surface area contributed by atoms with Crippen molar-refractivity contribution in [3.05, 3.63) is 64.4 Å². The number of aryl methyl sites for hydroxylation is 1. The molecule has 2 aromatic heterocycles. The number of carboxylic acid groups (broad SMARTS) is 1. The van der Waals surface area contributed by atoms with Crippen molar-refractivity contribution in [2.24, 2.45) is 0 Å². The molecular weight excluding hydrogens is 610 g/mol. The van der Waals surface area contributed by atoms with Crippen molar-refractivity contribution in [3.63, 3.8) is 0 Å². The van der Waals surface area contributed by atoms with Gasteiger partial charge >= 0.3 is 6.09 Å². The summed E-state index contributed by atoms with van der Waals surface area (Å²) in [6.45, 7) is 3.53. The Kier molecular flexibility index (Phi) is 12.8. The van der Waals surface area contributed by atoms with Crippen molar-refractivity contribution in [3.8, 4) is 0 Å². The molecule has 1 aliphatic carbocycles. The van der Waals surface area contributed by atoms with E-state index in [1.807, 2.05) is 36.5 Å². The topological polar surface area (TPSA) is 110 Å². The number of fused-ring (bicyclic) bond motifs is 3. The van der Waals surface area contributed by atoms with E-state index in [-0.39, 0.29) is 5.91 Å². The molecule has 0 radical (unpaired) electrons. The van der Waals surface area contributed by atoms with Crippen LogP contribution in [0.2, 0.25) is 5.02 Å². The molecule has 5 rings (SSSR count). The summed E-state index contributed by atoms with van der Waals surface area (Å²) in [5.41, 5.74) is 7.68. The summed E-state index contributed by atoms with van der Waals surface area (Å²) in [6.07, 6.45) is 18.0. The number of rotatable bonds is 18. The minimum Gasteiger partial charge on any atom is -0.465 e. The largest absolute Gasteiger partial charge is 0.465 e. The van der Waals surface area contributed by atoms with Gasteiger partial charge in [-0.3, -0.25) is 14.7 Å². The van der Waals surface area contributed by atoms with Crippen LogP contribution in [-0.2, 0) is 24.1 Å². The van der Waals surface area contributed by atoms with Crippen LogP contribution in [0.4, 0.5) is 16.2 Å². The summed E-state index contributed by atoms with van der Waals surface area (Å²) in [4.78, 5) is 33.0. The van der Waals surface area contributed by atoms with Gasteiger partial charge in [0, 0.05) is 71.1 Å². The maximum atomic E-state index is 12.1. The van der Waals surface area contributed by atoms with Crippen molar-refractivity contribution in [1.29, 1.82) is 0 Å². The number of H-pyrrole nitrogens is 1. The smallest absolute Gasteiger partial charge is 0.411 e. The number of halogens is 1. The lowest BCUT2D eigenvalue weighted by Gasteiger charge is -2.22. The van der Waals surface area contributed by atoms with Crippen LogP contribution in [-0.4, -0.2) is 46.7 Å². The zero-order valence-electron chi connectivity index (χ0n) is 27.8. The second-order valence-electron chi connectivity index (χ2n) is 13.0. The number of nitrogens with one attached hydrogen (secondary N) is 3. The molecule has 0 aliphatic heterocycles. The van der Waals surface area contributed by atoms with Crippen molar-refractivity contribution < 1.29 is 14.7 Å². The Hall–Kier alpha value is -3.78. The molecule has 0 spiro atoms. The van der Waals surface area contributed by atoms with E-state index in [9.17, 15) is 14.7 Å². The highest BCUT2D eigenvalue weighted by Gasteiger charge is 2.19. The molecule has 0 unspecified atom stereocenters. The number of benzene rings is 2. The number of aromatic amines is 1. The van der Waals surface area contributed by atoms with E-state index in [0.717, 1.165) is 77.5 Å². The van der Waals surface area contributed by atoms with Crippen molar-refractivity contribution in [2.45, 2.75) is 103 Å². The van der Waals surface area contributed by atoms with Crippen LogP contribution in [0.3, 0.4) is 0 Å². The molecule has 0 atom stereocenters. The highest BCUT2D eigenvalue weighted by atomic mass is 35.5. The standard InChI is InChI=1S/C38H50ClN5O3/c1-27(45)40-22-20-28-26-42-34-19-17-30(25-32(28)34)44(38(46)47)23-13-9-7-5-3-2-4-6-8-12-21-41-37-31-14-10-11-15-35(31)43-36-18-16-29(39)24-33(36)37/h16-19,24-26,42H,2-15,20-23H2,1H3,(H,40,45)(H,41,43)(H,46,47). The Morgan fingerprint density at radius 2 is 1.62 bits per heavy atom. The van der Waals surface area contributed by atoms with Gasteiger partial charge < -0.3 is 20.7 Å². The zero-order chi connectivity index (χ0) is 33.0. The van der Waals surface area contributed by atoms with Crippen LogP contribution in [0.5, 0.6) is 0 Å². The van der Waals surface area contributed by atoms with Crippen LogP contribution >= 0.6 is 11.6 Å².